The molecule has 4 rings (SSSR count). The SMILES string of the molecule is O=C(NCC1Cc2cc(Cl)cc(-c3cnccn3)c2O1)C1CCC1. The molecule has 5 nitrogen and oxygen atoms in total. The van der Waals surface area contributed by atoms with E-state index in [1.54, 1.807) is 18.6 Å². The van der Waals surface area contributed by atoms with Gasteiger partial charge in [-0.25, -0.2) is 0 Å². The van der Waals surface area contributed by atoms with Crippen LogP contribution in [-0.4, -0.2) is 28.5 Å². The predicted octanol–water partition coefficient (Wildman–Crippen LogP) is 3.02. The van der Waals surface area contributed by atoms with Crippen LogP contribution < -0.4 is 10.1 Å². The first kappa shape index (κ1) is 15.4. The second kappa shape index (κ2) is 6.40. The molecular formula is C18H18ClN3O2. The zero-order valence-electron chi connectivity index (χ0n) is 13.2. The normalized spacial score (nSPS) is 19.3. The number of hydrogen-bond donors (Lipinski definition) is 1. The van der Waals surface area contributed by atoms with E-state index in [1.165, 1.54) is 0 Å². The van der Waals surface area contributed by atoms with Crippen LogP contribution in [0.5, 0.6) is 5.75 Å². The lowest BCUT2D eigenvalue weighted by Crippen LogP contribution is -2.40. The van der Waals surface area contributed by atoms with Gasteiger partial charge in [-0.15, -0.1) is 0 Å². The van der Waals surface area contributed by atoms with Gasteiger partial charge in [-0.2, -0.15) is 0 Å². The smallest absolute Gasteiger partial charge is 0.223 e. The van der Waals surface area contributed by atoms with Gasteiger partial charge in [0.15, 0.2) is 0 Å². The molecule has 0 spiro atoms. The van der Waals surface area contributed by atoms with Gasteiger partial charge in [0.2, 0.25) is 5.91 Å². The van der Waals surface area contributed by atoms with Crippen molar-refractivity contribution in [2.75, 3.05) is 6.54 Å². The van der Waals surface area contributed by atoms with Crippen LogP contribution in [0.15, 0.2) is 30.7 Å². The molecule has 124 valence electrons. The lowest BCUT2D eigenvalue weighted by atomic mass is 9.85. The summed E-state index contributed by atoms with van der Waals surface area (Å²) >= 11 is 6.25. The fourth-order valence-electron chi connectivity index (χ4n) is 3.17. The molecule has 24 heavy (non-hydrogen) atoms. The van der Waals surface area contributed by atoms with E-state index >= 15 is 0 Å². The van der Waals surface area contributed by atoms with Crippen molar-refractivity contribution in [1.29, 1.82) is 0 Å². The summed E-state index contributed by atoms with van der Waals surface area (Å²) in [5, 5.41) is 3.66. The number of benzene rings is 1. The van der Waals surface area contributed by atoms with Crippen LogP contribution in [0, 0.1) is 5.92 Å². The number of fused-ring (bicyclic) bond motifs is 1. The summed E-state index contributed by atoms with van der Waals surface area (Å²) in [6.45, 7) is 0.515. The summed E-state index contributed by atoms with van der Waals surface area (Å²) in [6.07, 6.45) is 8.80. The molecule has 1 fully saturated rings. The third kappa shape index (κ3) is 2.96. The Kier molecular flexibility index (Phi) is 4.10. The van der Waals surface area contributed by atoms with Crippen LogP contribution in [-0.2, 0) is 11.2 Å². The quantitative estimate of drug-likeness (QED) is 0.926. The first-order valence-electron chi connectivity index (χ1n) is 8.24. The Balaban J connectivity index is 1.50. The van der Waals surface area contributed by atoms with E-state index in [2.05, 4.69) is 15.3 Å². The fraction of sp³-hybridized carbons (Fsp3) is 0.389. The van der Waals surface area contributed by atoms with Crippen LogP contribution in [0.25, 0.3) is 11.3 Å². The van der Waals surface area contributed by atoms with Gasteiger partial charge in [-0.1, -0.05) is 18.0 Å². The number of nitrogens with one attached hydrogen (secondary N) is 1. The maximum atomic E-state index is 12.0. The average Bonchev–Trinajstić information content (AvgIpc) is 2.94. The van der Waals surface area contributed by atoms with Gasteiger partial charge in [-0.3, -0.25) is 14.8 Å². The predicted molar refractivity (Wildman–Crippen MR) is 90.9 cm³/mol. The molecule has 1 N–H and O–H groups in total. The van der Waals surface area contributed by atoms with E-state index in [0.29, 0.717) is 11.6 Å². The molecule has 6 heteroatoms. The van der Waals surface area contributed by atoms with Gasteiger partial charge in [0.25, 0.3) is 0 Å². The second-order valence-corrected chi connectivity index (χ2v) is 6.79. The molecule has 1 saturated carbocycles. The number of carbonyl (C=O) groups is 1. The highest BCUT2D eigenvalue weighted by atomic mass is 35.5. The Labute approximate surface area is 145 Å². The highest BCUT2D eigenvalue weighted by Gasteiger charge is 2.29. The van der Waals surface area contributed by atoms with Gasteiger partial charge < -0.3 is 10.1 Å². The number of ether oxygens (including phenoxy) is 1. The van der Waals surface area contributed by atoms with Crippen LogP contribution >= 0.6 is 11.6 Å². The van der Waals surface area contributed by atoms with Crippen molar-refractivity contribution in [2.24, 2.45) is 5.92 Å². The van der Waals surface area contributed by atoms with E-state index in [0.717, 1.165) is 48.3 Å². The third-order valence-electron chi connectivity index (χ3n) is 4.68. The molecular weight excluding hydrogens is 326 g/mol. The summed E-state index contributed by atoms with van der Waals surface area (Å²) in [4.78, 5) is 20.4. The molecule has 0 saturated heterocycles. The summed E-state index contributed by atoms with van der Waals surface area (Å²) < 4.78 is 6.09. The van der Waals surface area contributed by atoms with E-state index in [9.17, 15) is 4.79 Å². The molecule has 1 atom stereocenters. The molecule has 1 amide bonds. The molecule has 1 unspecified atom stereocenters. The van der Waals surface area contributed by atoms with Gasteiger partial charge in [0.05, 0.1) is 18.4 Å². The summed E-state index contributed by atoms with van der Waals surface area (Å²) in [5.41, 5.74) is 2.62. The monoisotopic (exact) mass is 343 g/mol. The minimum atomic E-state index is -0.0714. The van der Waals surface area contributed by atoms with Crippen LogP contribution in [0.3, 0.4) is 0 Å². The van der Waals surface area contributed by atoms with Gasteiger partial charge >= 0.3 is 0 Å². The molecule has 1 aromatic heterocycles. The van der Waals surface area contributed by atoms with E-state index in [1.807, 2.05) is 12.1 Å². The minimum absolute atomic E-state index is 0.0714. The standard InChI is InChI=1S/C18H18ClN3O2/c19-13-6-12-7-14(9-22-18(23)11-2-1-3-11)24-17(12)15(8-13)16-10-20-4-5-21-16/h4-6,8,10-11,14H,1-3,7,9H2,(H,22,23). The fourth-order valence-corrected chi connectivity index (χ4v) is 3.41. The minimum Gasteiger partial charge on any atom is -0.487 e. The highest BCUT2D eigenvalue weighted by Crippen LogP contribution is 2.40. The first-order valence-corrected chi connectivity index (χ1v) is 8.61. The third-order valence-corrected chi connectivity index (χ3v) is 4.90. The van der Waals surface area contributed by atoms with Crippen molar-refractivity contribution in [1.82, 2.24) is 15.3 Å². The lowest BCUT2D eigenvalue weighted by Gasteiger charge is -2.24. The number of halogens is 1. The number of carbonyl (C=O) groups excluding carboxylic acids is 1. The molecule has 2 aliphatic rings. The topological polar surface area (TPSA) is 64.1 Å². The van der Waals surface area contributed by atoms with Gasteiger partial charge in [0, 0.05) is 40.9 Å². The zero-order chi connectivity index (χ0) is 16.5. The number of amides is 1. The van der Waals surface area contributed by atoms with Crippen LogP contribution in [0.4, 0.5) is 0 Å². The molecule has 1 aliphatic carbocycles. The van der Waals surface area contributed by atoms with Crippen molar-refractivity contribution in [3.8, 4) is 17.0 Å². The second-order valence-electron chi connectivity index (χ2n) is 6.35. The van der Waals surface area contributed by atoms with E-state index in [4.69, 9.17) is 16.3 Å². The Hall–Kier alpha value is -2.14. The molecule has 2 heterocycles. The Morgan fingerprint density at radius 3 is 2.92 bits per heavy atom. The first-order chi connectivity index (χ1) is 11.7. The average molecular weight is 344 g/mol. The van der Waals surface area contributed by atoms with Crippen molar-refractivity contribution < 1.29 is 9.53 Å². The molecule has 1 aliphatic heterocycles. The van der Waals surface area contributed by atoms with Crippen molar-refractivity contribution in [3.63, 3.8) is 0 Å². The van der Waals surface area contributed by atoms with E-state index < -0.39 is 0 Å². The van der Waals surface area contributed by atoms with Crippen molar-refractivity contribution >= 4 is 17.5 Å². The molecule has 1 aromatic carbocycles. The Morgan fingerprint density at radius 1 is 1.33 bits per heavy atom. The van der Waals surface area contributed by atoms with Crippen molar-refractivity contribution in [3.05, 3.63) is 41.3 Å². The van der Waals surface area contributed by atoms with E-state index in [-0.39, 0.29) is 17.9 Å². The summed E-state index contributed by atoms with van der Waals surface area (Å²) in [5.74, 6) is 1.13. The Morgan fingerprint density at radius 2 is 2.21 bits per heavy atom. The van der Waals surface area contributed by atoms with Crippen molar-refractivity contribution in [2.45, 2.75) is 31.8 Å². The molecule has 0 bridgehead atoms. The summed E-state index contributed by atoms with van der Waals surface area (Å²) in [6, 6.07) is 3.77. The van der Waals surface area contributed by atoms with Crippen LogP contribution in [0.2, 0.25) is 5.02 Å². The highest BCUT2D eigenvalue weighted by molar-refractivity contribution is 6.31. The number of hydrogen-bond acceptors (Lipinski definition) is 4. The Bertz CT molecular complexity index is 762. The maximum absolute atomic E-state index is 12.0. The number of rotatable bonds is 4. The largest absolute Gasteiger partial charge is 0.487 e. The van der Waals surface area contributed by atoms with Crippen LogP contribution in [0.1, 0.15) is 24.8 Å². The molecule has 0 radical (unpaired) electrons. The lowest BCUT2D eigenvalue weighted by molar-refractivity contribution is -0.127. The maximum Gasteiger partial charge on any atom is 0.223 e. The number of aromatic nitrogens is 2. The summed E-state index contributed by atoms with van der Waals surface area (Å²) in [7, 11) is 0. The number of nitrogens with zero attached hydrogens (tertiary/aromatic N) is 2. The van der Waals surface area contributed by atoms with Gasteiger partial charge in [0.1, 0.15) is 11.9 Å². The zero-order valence-corrected chi connectivity index (χ0v) is 13.9. The molecule has 2 aromatic rings. The van der Waals surface area contributed by atoms with Gasteiger partial charge in [-0.05, 0) is 25.0 Å².